The summed E-state index contributed by atoms with van der Waals surface area (Å²) >= 11 is 1.51. The van der Waals surface area contributed by atoms with Gasteiger partial charge in [0.15, 0.2) is 10.8 Å². The van der Waals surface area contributed by atoms with Crippen molar-refractivity contribution in [1.29, 1.82) is 0 Å². The van der Waals surface area contributed by atoms with Gasteiger partial charge in [-0.2, -0.15) is 5.10 Å². The first-order valence-electron chi connectivity index (χ1n) is 7.28. The van der Waals surface area contributed by atoms with Crippen LogP contribution in [0, 0.1) is 5.82 Å². The monoisotopic (exact) mass is 340 g/mol. The number of hydrogen-bond donors (Lipinski definition) is 1. The number of aryl methyl sites for hydroxylation is 1. The SMILES string of the molecule is Cn1ncc2c(Nc3ncc(Cc4cccc(F)c4)s3)ncnc21. The maximum Gasteiger partial charge on any atom is 0.188 e. The van der Waals surface area contributed by atoms with Crippen LogP contribution in [0.25, 0.3) is 11.0 Å². The predicted octanol–water partition coefficient (Wildman–Crippen LogP) is 3.29. The van der Waals surface area contributed by atoms with Crippen molar-refractivity contribution in [2.24, 2.45) is 7.05 Å². The smallest absolute Gasteiger partial charge is 0.188 e. The van der Waals surface area contributed by atoms with E-state index in [-0.39, 0.29) is 5.82 Å². The van der Waals surface area contributed by atoms with Gasteiger partial charge in [0.1, 0.15) is 18.0 Å². The standard InChI is InChI=1S/C16H13FN6S/c1-23-15-13(8-21-23)14(19-9-20-15)22-16-18-7-12(24-16)6-10-3-2-4-11(17)5-10/h2-5,7-9H,6H2,1H3,(H,18,19,20,22). The highest BCUT2D eigenvalue weighted by Gasteiger charge is 2.10. The van der Waals surface area contributed by atoms with Gasteiger partial charge in [0.25, 0.3) is 0 Å². The topological polar surface area (TPSA) is 68.5 Å². The average Bonchev–Trinajstić information content (AvgIpc) is 3.16. The summed E-state index contributed by atoms with van der Waals surface area (Å²) in [5.41, 5.74) is 1.67. The van der Waals surface area contributed by atoms with Crippen molar-refractivity contribution in [2.75, 3.05) is 5.32 Å². The first-order chi connectivity index (χ1) is 11.7. The van der Waals surface area contributed by atoms with E-state index in [9.17, 15) is 4.39 Å². The molecule has 0 unspecified atom stereocenters. The molecule has 0 amide bonds. The van der Waals surface area contributed by atoms with Gasteiger partial charge in [0, 0.05) is 24.5 Å². The molecule has 0 radical (unpaired) electrons. The molecule has 8 heteroatoms. The molecule has 0 fully saturated rings. The fourth-order valence-electron chi connectivity index (χ4n) is 2.46. The van der Waals surface area contributed by atoms with Crippen molar-refractivity contribution in [3.63, 3.8) is 0 Å². The lowest BCUT2D eigenvalue weighted by atomic mass is 10.1. The highest BCUT2D eigenvalue weighted by Crippen LogP contribution is 2.26. The predicted molar refractivity (Wildman–Crippen MR) is 90.9 cm³/mol. The summed E-state index contributed by atoms with van der Waals surface area (Å²) in [5, 5.41) is 8.96. The number of thiazole rings is 1. The van der Waals surface area contributed by atoms with Crippen LogP contribution in [0.4, 0.5) is 15.3 Å². The van der Waals surface area contributed by atoms with Crippen molar-refractivity contribution in [3.05, 3.63) is 59.2 Å². The third-order valence-corrected chi connectivity index (χ3v) is 4.49. The van der Waals surface area contributed by atoms with Crippen LogP contribution in [0.15, 0.2) is 43.0 Å². The number of halogens is 1. The summed E-state index contributed by atoms with van der Waals surface area (Å²) in [7, 11) is 1.83. The maximum atomic E-state index is 13.3. The van der Waals surface area contributed by atoms with Crippen LogP contribution in [-0.2, 0) is 13.5 Å². The molecule has 6 nitrogen and oxygen atoms in total. The lowest BCUT2D eigenvalue weighted by Gasteiger charge is -2.02. The second kappa shape index (κ2) is 5.97. The zero-order valence-corrected chi connectivity index (χ0v) is 13.6. The summed E-state index contributed by atoms with van der Waals surface area (Å²) in [4.78, 5) is 13.9. The van der Waals surface area contributed by atoms with Gasteiger partial charge in [0.05, 0.1) is 11.6 Å². The van der Waals surface area contributed by atoms with E-state index >= 15 is 0 Å². The highest BCUT2D eigenvalue weighted by atomic mass is 32.1. The van der Waals surface area contributed by atoms with E-state index in [1.807, 2.05) is 13.1 Å². The summed E-state index contributed by atoms with van der Waals surface area (Å²) in [6, 6.07) is 6.60. The van der Waals surface area contributed by atoms with Crippen LogP contribution in [0.2, 0.25) is 0 Å². The highest BCUT2D eigenvalue weighted by molar-refractivity contribution is 7.15. The molecule has 0 spiro atoms. The van der Waals surface area contributed by atoms with Gasteiger partial charge in [-0.3, -0.25) is 4.68 Å². The van der Waals surface area contributed by atoms with Gasteiger partial charge in [-0.1, -0.05) is 12.1 Å². The fraction of sp³-hybridized carbons (Fsp3) is 0.125. The molecule has 24 heavy (non-hydrogen) atoms. The minimum Gasteiger partial charge on any atom is -0.315 e. The van der Waals surface area contributed by atoms with Gasteiger partial charge >= 0.3 is 0 Å². The molecule has 1 N–H and O–H groups in total. The Morgan fingerprint density at radius 2 is 2.12 bits per heavy atom. The largest absolute Gasteiger partial charge is 0.315 e. The third-order valence-electron chi connectivity index (χ3n) is 3.58. The molecule has 120 valence electrons. The Kier molecular flexibility index (Phi) is 3.66. The van der Waals surface area contributed by atoms with Crippen molar-refractivity contribution in [3.8, 4) is 0 Å². The molecule has 0 aliphatic rings. The summed E-state index contributed by atoms with van der Waals surface area (Å²) in [6.45, 7) is 0. The summed E-state index contributed by atoms with van der Waals surface area (Å²) in [6.07, 6.45) is 5.65. The molecule has 0 saturated carbocycles. The lowest BCUT2D eigenvalue weighted by Crippen LogP contribution is -1.96. The number of aromatic nitrogens is 5. The van der Waals surface area contributed by atoms with Gasteiger partial charge in [-0.15, -0.1) is 11.3 Å². The maximum absolute atomic E-state index is 13.3. The Morgan fingerprint density at radius 3 is 3.00 bits per heavy atom. The Labute approximate surface area is 141 Å². The van der Waals surface area contributed by atoms with Crippen LogP contribution in [-0.4, -0.2) is 24.7 Å². The molecule has 0 bridgehead atoms. The van der Waals surface area contributed by atoms with Gasteiger partial charge in [-0.05, 0) is 17.7 Å². The first kappa shape index (κ1) is 14.7. The zero-order chi connectivity index (χ0) is 16.5. The van der Waals surface area contributed by atoms with Gasteiger partial charge < -0.3 is 5.32 Å². The van der Waals surface area contributed by atoms with E-state index in [0.29, 0.717) is 12.2 Å². The number of rotatable bonds is 4. The quantitative estimate of drug-likeness (QED) is 0.617. The number of nitrogens with zero attached hydrogens (tertiary/aromatic N) is 5. The van der Waals surface area contributed by atoms with Crippen molar-refractivity contribution < 1.29 is 4.39 Å². The van der Waals surface area contributed by atoms with Crippen LogP contribution in [0.1, 0.15) is 10.4 Å². The molecule has 4 aromatic rings. The third kappa shape index (κ3) is 2.83. The van der Waals surface area contributed by atoms with Crippen LogP contribution in [0.5, 0.6) is 0 Å². The molecule has 3 aromatic heterocycles. The van der Waals surface area contributed by atoms with Crippen LogP contribution < -0.4 is 5.32 Å². The number of hydrogen-bond acceptors (Lipinski definition) is 6. The zero-order valence-electron chi connectivity index (χ0n) is 12.8. The Hall–Kier alpha value is -2.87. The first-order valence-corrected chi connectivity index (χ1v) is 8.09. The van der Waals surface area contributed by atoms with E-state index in [1.165, 1.54) is 29.8 Å². The van der Waals surface area contributed by atoms with E-state index in [4.69, 9.17) is 0 Å². The lowest BCUT2D eigenvalue weighted by molar-refractivity contribution is 0.626. The molecule has 0 atom stereocenters. The van der Waals surface area contributed by atoms with Crippen LogP contribution >= 0.6 is 11.3 Å². The van der Waals surface area contributed by atoms with E-state index in [2.05, 4.69) is 25.4 Å². The normalized spacial score (nSPS) is 11.1. The fourth-order valence-corrected chi connectivity index (χ4v) is 3.30. The van der Waals surface area contributed by atoms with E-state index < -0.39 is 0 Å². The summed E-state index contributed by atoms with van der Waals surface area (Å²) in [5.74, 6) is 0.440. The number of fused-ring (bicyclic) bond motifs is 1. The van der Waals surface area contributed by atoms with Crippen molar-refractivity contribution in [1.82, 2.24) is 24.7 Å². The number of benzene rings is 1. The van der Waals surface area contributed by atoms with E-state index in [1.54, 1.807) is 23.1 Å². The molecule has 4 rings (SSSR count). The molecule has 1 aromatic carbocycles. The number of nitrogens with one attached hydrogen (secondary N) is 1. The van der Waals surface area contributed by atoms with Crippen molar-refractivity contribution >= 4 is 33.3 Å². The Bertz CT molecular complexity index is 1010. The van der Waals surface area contributed by atoms with E-state index in [0.717, 1.165) is 26.6 Å². The van der Waals surface area contributed by atoms with Crippen LogP contribution in [0.3, 0.4) is 0 Å². The molecular formula is C16H13FN6S. The molecule has 0 aliphatic heterocycles. The molecule has 0 saturated heterocycles. The average molecular weight is 340 g/mol. The second-order valence-electron chi connectivity index (χ2n) is 5.29. The van der Waals surface area contributed by atoms with Gasteiger partial charge in [-0.25, -0.2) is 19.3 Å². The van der Waals surface area contributed by atoms with Crippen molar-refractivity contribution in [2.45, 2.75) is 6.42 Å². The Balaban J connectivity index is 1.56. The molecule has 3 heterocycles. The Morgan fingerprint density at radius 1 is 1.21 bits per heavy atom. The minimum atomic E-state index is -0.227. The number of anilines is 2. The second-order valence-corrected chi connectivity index (χ2v) is 6.41. The molecule has 0 aliphatic carbocycles. The summed E-state index contributed by atoms with van der Waals surface area (Å²) < 4.78 is 15.0. The minimum absolute atomic E-state index is 0.227. The van der Waals surface area contributed by atoms with Gasteiger partial charge in [0.2, 0.25) is 0 Å². The molecular weight excluding hydrogens is 327 g/mol.